The zero-order valence-electron chi connectivity index (χ0n) is 8.83. The minimum Gasteiger partial charge on any atom is -0.393 e. The van der Waals surface area contributed by atoms with Crippen LogP contribution in [-0.4, -0.2) is 39.5 Å². The third-order valence-electron chi connectivity index (χ3n) is 3.02. The van der Waals surface area contributed by atoms with E-state index in [-0.39, 0.29) is 18.1 Å². The first-order chi connectivity index (χ1) is 7.83. The van der Waals surface area contributed by atoms with Crippen LogP contribution in [0.4, 0.5) is 0 Å². The van der Waals surface area contributed by atoms with Gasteiger partial charge in [-0.05, 0) is 12.8 Å². The summed E-state index contributed by atoms with van der Waals surface area (Å²) in [5.74, 6) is 3.48. The van der Waals surface area contributed by atoms with Crippen LogP contribution in [0.25, 0.3) is 0 Å². The summed E-state index contributed by atoms with van der Waals surface area (Å²) < 4.78 is 10.8. The number of hydrogen-bond acceptors (Lipinski definition) is 6. The van der Waals surface area contributed by atoms with E-state index in [2.05, 4.69) is 10.1 Å². The van der Waals surface area contributed by atoms with Crippen LogP contribution in [0.2, 0.25) is 0 Å². The Morgan fingerprint density at radius 3 is 2.94 bits per heavy atom. The van der Waals surface area contributed by atoms with Gasteiger partial charge in [0.25, 0.3) is 0 Å². The molecule has 1 atom stereocenters. The highest BCUT2D eigenvalue weighted by atomic mass is 32.2. The molecule has 6 heteroatoms. The molecular weight excluding hydrogens is 228 g/mol. The zero-order chi connectivity index (χ0) is 11.0. The van der Waals surface area contributed by atoms with Gasteiger partial charge in [-0.2, -0.15) is 16.7 Å². The van der Waals surface area contributed by atoms with Crippen molar-refractivity contribution in [1.29, 1.82) is 0 Å². The summed E-state index contributed by atoms with van der Waals surface area (Å²) in [5.41, 5.74) is 0. The quantitative estimate of drug-likeness (QED) is 0.838. The monoisotopic (exact) mass is 242 g/mol. The molecular formula is C10H14N2O3S. The van der Waals surface area contributed by atoms with E-state index >= 15 is 0 Å². The number of ether oxygens (including phenoxy) is 1. The van der Waals surface area contributed by atoms with E-state index in [1.807, 2.05) is 11.8 Å². The lowest BCUT2D eigenvalue weighted by molar-refractivity contribution is 0.0621. The highest BCUT2D eigenvalue weighted by molar-refractivity contribution is 7.99. The van der Waals surface area contributed by atoms with Gasteiger partial charge >= 0.3 is 0 Å². The maximum atomic E-state index is 9.22. The number of aromatic nitrogens is 2. The van der Waals surface area contributed by atoms with Gasteiger partial charge in [-0.15, -0.1) is 0 Å². The van der Waals surface area contributed by atoms with Gasteiger partial charge in [-0.25, -0.2) is 0 Å². The van der Waals surface area contributed by atoms with Crippen molar-refractivity contribution in [2.24, 2.45) is 0 Å². The van der Waals surface area contributed by atoms with Crippen LogP contribution in [0.3, 0.4) is 0 Å². The second-order valence-electron chi connectivity index (χ2n) is 4.25. The lowest BCUT2D eigenvalue weighted by atomic mass is 9.82. The average Bonchev–Trinajstić information content (AvgIpc) is 2.75. The minimum absolute atomic E-state index is 0.0266. The number of aliphatic hydroxyl groups is 1. The van der Waals surface area contributed by atoms with E-state index in [9.17, 15) is 5.11 Å². The first-order valence-electron chi connectivity index (χ1n) is 5.54. The van der Waals surface area contributed by atoms with Crippen LogP contribution < -0.4 is 0 Å². The van der Waals surface area contributed by atoms with Crippen molar-refractivity contribution >= 4 is 11.8 Å². The Morgan fingerprint density at radius 2 is 2.25 bits per heavy atom. The number of thioether (sulfide) groups is 1. The molecule has 1 aromatic heterocycles. The third-order valence-corrected chi connectivity index (χ3v) is 4.02. The van der Waals surface area contributed by atoms with E-state index in [1.54, 1.807) is 0 Å². The number of hydrogen-bond donors (Lipinski definition) is 1. The summed E-state index contributed by atoms with van der Waals surface area (Å²) >= 11 is 1.85. The molecule has 1 N–H and O–H groups in total. The number of nitrogens with zero attached hydrogens (tertiary/aromatic N) is 2. The van der Waals surface area contributed by atoms with E-state index in [0.29, 0.717) is 11.7 Å². The van der Waals surface area contributed by atoms with Crippen LogP contribution in [0.5, 0.6) is 0 Å². The fraction of sp³-hybridized carbons (Fsp3) is 0.800. The Morgan fingerprint density at radius 1 is 1.38 bits per heavy atom. The number of aliphatic hydroxyl groups excluding tert-OH is 1. The zero-order valence-corrected chi connectivity index (χ0v) is 9.65. The predicted molar refractivity (Wildman–Crippen MR) is 58.3 cm³/mol. The van der Waals surface area contributed by atoms with Crippen molar-refractivity contribution < 1.29 is 14.4 Å². The maximum absolute atomic E-state index is 9.22. The summed E-state index contributed by atoms with van der Waals surface area (Å²) in [5, 5.41) is 13.2. The van der Waals surface area contributed by atoms with Crippen LogP contribution >= 0.6 is 11.8 Å². The van der Waals surface area contributed by atoms with E-state index in [0.717, 1.165) is 31.0 Å². The highest BCUT2D eigenvalue weighted by Gasteiger charge is 2.34. The van der Waals surface area contributed by atoms with Crippen LogP contribution in [-0.2, 0) is 4.74 Å². The lowest BCUT2D eigenvalue weighted by Crippen LogP contribution is -2.26. The molecule has 1 saturated heterocycles. The van der Waals surface area contributed by atoms with Crippen LogP contribution in [0.1, 0.15) is 36.6 Å². The molecule has 1 aliphatic heterocycles. The molecule has 0 aromatic carbocycles. The predicted octanol–water partition coefficient (Wildman–Crippen LogP) is 1.11. The fourth-order valence-corrected chi connectivity index (χ4v) is 2.81. The summed E-state index contributed by atoms with van der Waals surface area (Å²) in [4.78, 5) is 4.36. The topological polar surface area (TPSA) is 68.4 Å². The minimum atomic E-state index is -0.193. The molecule has 2 aliphatic rings. The van der Waals surface area contributed by atoms with E-state index in [4.69, 9.17) is 9.26 Å². The van der Waals surface area contributed by atoms with Gasteiger partial charge in [0.15, 0.2) is 0 Å². The van der Waals surface area contributed by atoms with Crippen molar-refractivity contribution in [2.45, 2.75) is 31.0 Å². The molecule has 1 aromatic rings. The molecule has 1 aliphatic carbocycles. The van der Waals surface area contributed by atoms with Gasteiger partial charge in [0.05, 0.1) is 12.7 Å². The van der Waals surface area contributed by atoms with Crippen molar-refractivity contribution in [2.75, 3.05) is 18.1 Å². The Kier molecular flexibility index (Phi) is 2.87. The van der Waals surface area contributed by atoms with Crippen molar-refractivity contribution in [3.63, 3.8) is 0 Å². The van der Waals surface area contributed by atoms with Gasteiger partial charge < -0.3 is 14.4 Å². The van der Waals surface area contributed by atoms with Gasteiger partial charge in [0.1, 0.15) is 6.10 Å². The smallest absolute Gasteiger partial charge is 0.230 e. The van der Waals surface area contributed by atoms with Gasteiger partial charge in [-0.1, -0.05) is 5.16 Å². The first-order valence-corrected chi connectivity index (χ1v) is 6.69. The molecule has 2 fully saturated rings. The van der Waals surface area contributed by atoms with Gasteiger partial charge in [0, 0.05) is 17.4 Å². The summed E-state index contributed by atoms with van der Waals surface area (Å²) in [7, 11) is 0. The molecule has 3 rings (SSSR count). The largest absolute Gasteiger partial charge is 0.393 e. The SMILES string of the molecule is OC1CC(c2nc(C3CSCCO3)no2)C1. The van der Waals surface area contributed by atoms with Gasteiger partial charge in [-0.3, -0.25) is 0 Å². The Bertz CT molecular complexity index is 359. The molecule has 88 valence electrons. The van der Waals surface area contributed by atoms with Crippen molar-refractivity contribution in [1.82, 2.24) is 10.1 Å². The van der Waals surface area contributed by atoms with E-state index in [1.165, 1.54) is 0 Å². The first kappa shape index (κ1) is 10.6. The maximum Gasteiger partial charge on any atom is 0.230 e. The lowest BCUT2D eigenvalue weighted by Gasteiger charge is -2.27. The summed E-state index contributed by atoms with van der Waals surface area (Å²) in [6, 6.07) is 0. The van der Waals surface area contributed by atoms with Crippen LogP contribution in [0.15, 0.2) is 4.52 Å². The van der Waals surface area contributed by atoms with Gasteiger partial charge in [0.2, 0.25) is 11.7 Å². The third kappa shape index (κ3) is 1.97. The molecule has 0 bridgehead atoms. The molecule has 0 radical (unpaired) electrons. The molecule has 1 unspecified atom stereocenters. The van der Waals surface area contributed by atoms with E-state index < -0.39 is 0 Å². The molecule has 0 amide bonds. The molecule has 16 heavy (non-hydrogen) atoms. The van der Waals surface area contributed by atoms with Crippen LogP contribution in [0, 0.1) is 0 Å². The Hall–Kier alpha value is -0.590. The fourth-order valence-electron chi connectivity index (χ4n) is 1.97. The molecule has 1 saturated carbocycles. The molecule has 2 heterocycles. The summed E-state index contributed by atoms with van der Waals surface area (Å²) in [6.45, 7) is 0.751. The Balaban J connectivity index is 1.67. The normalized spacial score (nSPS) is 34.7. The molecule has 0 spiro atoms. The standard InChI is InChI=1S/C10H14N2O3S/c13-7-3-6(4-7)10-11-9(12-15-10)8-5-16-2-1-14-8/h6-8,13H,1-5H2. The molecule has 5 nitrogen and oxygen atoms in total. The average molecular weight is 242 g/mol. The summed E-state index contributed by atoms with van der Waals surface area (Å²) in [6.07, 6.45) is 1.26. The second-order valence-corrected chi connectivity index (χ2v) is 5.40. The second kappa shape index (κ2) is 4.35. The Labute approximate surface area is 97.6 Å². The highest BCUT2D eigenvalue weighted by Crippen LogP contribution is 2.36. The van der Waals surface area contributed by atoms with Crippen molar-refractivity contribution in [3.8, 4) is 0 Å². The number of rotatable bonds is 2. The van der Waals surface area contributed by atoms with Crippen molar-refractivity contribution in [3.05, 3.63) is 11.7 Å².